The van der Waals surface area contributed by atoms with Gasteiger partial charge in [-0.1, -0.05) is 6.07 Å². The maximum absolute atomic E-state index is 15.8. The normalized spacial score (nSPS) is 28.9. The number of hydrogen-bond acceptors (Lipinski definition) is 8. The second-order valence-electron chi connectivity index (χ2n) is 11.0. The number of nitrogens with zero attached hydrogens (tertiary/aromatic N) is 5. The van der Waals surface area contributed by atoms with Gasteiger partial charge in [-0.3, -0.25) is 0 Å². The quantitative estimate of drug-likeness (QED) is 0.429. The molecule has 2 aliphatic heterocycles. The first-order chi connectivity index (χ1) is 17.7. The second kappa shape index (κ2) is 8.87. The van der Waals surface area contributed by atoms with Gasteiger partial charge in [0.15, 0.2) is 5.82 Å². The van der Waals surface area contributed by atoms with Crippen molar-refractivity contribution in [1.82, 2.24) is 25.5 Å². The molecule has 6 rings (SSSR count). The molecule has 7 nitrogen and oxygen atoms in total. The van der Waals surface area contributed by atoms with Crippen LogP contribution in [0.1, 0.15) is 46.0 Å². The van der Waals surface area contributed by atoms with Crippen LogP contribution < -0.4 is 10.2 Å². The molecular formula is C27H30F2N6OS. The number of anilines is 1. The lowest BCUT2D eigenvalue weighted by atomic mass is 9.82. The number of aromatic hydroxyl groups is 1. The number of phenolic OH excluding ortho intramolecular Hbond substituents is 1. The summed E-state index contributed by atoms with van der Waals surface area (Å²) >= 11 is 1.24. The molecule has 37 heavy (non-hydrogen) atoms. The van der Waals surface area contributed by atoms with Crippen molar-refractivity contribution in [3.05, 3.63) is 42.5 Å². The molecule has 0 radical (unpaired) electrons. The molecule has 2 bridgehead atoms. The van der Waals surface area contributed by atoms with E-state index in [-0.39, 0.29) is 23.4 Å². The zero-order valence-corrected chi connectivity index (χ0v) is 21.9. The van der Waals surface area contributed by atoms with E-state index in [0.29, 0.717) is 39.8 Å². The van der Waals surface area contributed by atoms with E-state index in [1.807, 2.05) is 11.8 Å². The fourth-order valence-electron chi connectivity index (χ4n) is 6.05. The number of thioether (sulfide) groups is 1. The third kappa shape index (κ3) is 4.33. The fourth-order valence-corrected chi connectivity index (χ4v) is 6.46. The van der Waals surface area contributed by atoms with Crippen LogP contribution in [0.5, 0.6) is 5.75 Å². The predicted molar refractivity (Wildman–Crippen MR) is 140 cm³/mol. The van der Waals surface area contributed by atoms with Crippen LogP contribution in [0.2, 0.25) is 0 Å². The molecular weight excluding hydrogens is 494 g/mol. The average molecular weight is 525 g/mol. The first-order valence-corrected chi connectivity index (χ1v) is 13.9. The predicted octanol–water partition coefficient (Wildman–Crippen LogP) is 5.15. The fraction of sp³-hybridized carbons (Fsp3) is 0.481. The van der Waals surface area contributed by atoms with Gasteiger partial charge in [0, 0.05) is 34.4 Å². The van der Waals surface area contributed by atoms with Crippen LogP contribution in [0.4, 0.5) is 14.7 Å². The first-order valence-electron chi connectivity index (χ1n) is 12.6. The van der Waals surface area contributed by atoms with E-state index in [2.05, 4.69) is 32.4 Å². The van der Waals surface area contributed by atoms with Gasteiger partial charge >= 0.3 is 0 Å². The van der Waals surface area contributed by atoms with Crippen LogP contribution in [-0.2, 0) is 0 Å². The molecule has 3 aliphatic rings. The van der Waals surface area contributed by atoms with Crippen LogP contribution in [0, 0.1) is 5.82 Å². The lowest BCUT2D eigenvalue weighted by molar-refractivity contribution is 0.0828. The third-order valence-electron chi connectivity index (χ3n) is 8.08. The van der Waals surface area contributed by atoms with Crippen molar-refractivity contribution in [3.63, 3.8) is 0 Å². The second-order valence-corrected chi connectivity index (χ2v) is 11.8. The molecule has 0 amide bonds. The number of pyridine rings is 1. The number of benzene rings is 1. The largest absolute Gasteiger partial charge is 0.507 e. The standard InChI is InChI=1S/C27H30F2N6OS/c1-26-8-9-27(2,34-26)23(29)21(12-26)35(17-5-6-17)25-31-14-20(32-33-25)18-7-4-15(11-22(18)36)16-10-19(28)24(37-3)30-13-16/h4,7,10-11,13-14,17,21,23,34,36H,5-6,8-9,12H2,1-3H3/t21-,23-,26-,27+/m1/s1. The van der Waals surface area contributed by atoms with Gasteiger partial charge in [0.05, 0.1) is 12.2 Å². The Kier molecular flexibility index (Phi) is 5.87. The summed E-state index contributed by atoms with van der Waals surface area (Å²) in [5.41, 5.74) is 1.44. The molecule has 2 N–H and O–H groups in total. The SMILES string of the molecule is CSc1ncc(-c2ccc(-c3cnc(N(C4CC4)[C@@H]4C[C@@]5(C)CC[C@](C)(N5)[C@@H]4F)nn3)c(O)c2)cc1F. The van der Waals surface area contributed by atoms with Gasteiger partial charge in [-0.2, -0.15) is 0 Å². The highest BCUT2D eigenvalue weighted by Gasteiger charge is 2.58. The molecule has 10 heteroatoms. The lowest BCUT2D eigenvalue weighted by Gasteiger charge is -2.48. The molecule has 3 fully saturated rings. The van der Waals surface area contributed by atoms with Gasteiger partial charge in [0.25, 0.3) is 0 Å². The summed E-state index contributed by atoms with van der Waals surface area (Å²) in [6, 6.07) is 6.35. The number of phenols is 1. The van der Waals surface area contributed by atoms with Crippen LogP contribution in [0.25, 0.3) is 22.4 Å². The summed E-state index contributed by atoms with van der Waals surface area (Å²) in [5.74, 6) is 0.00740. The zero-order chi connectivity index (χ0) is 25.9. The number of fused-ring (bicyclic) bond motifs is 2. The monoisotopic (exact) mass is 524 g/mol. The number of alkyl halides is 1. The van der Waals surface area contributed by atoms with Gasteiger partial charge in [-0.15, -0.1) is 22.0 Å². The number of halogens is 2. The van der Waals surface area contributed by atoms with Gasteiger partial charge < -0.3 is 15.3 Å². The Labute approximate surface area is 219 Å². The summed E-state index contributed by atoms with van der Waals surface area (Å²) in [7, 11) is 0. The molecule has 1 saturated carbocycles. The highest BCUT2D eigenvalue weighted by molar-refractivity contribution is 7.98. The summed E-state index contributed by atoms with van der Waals surface area (Å²) in [4.78, 5) is 10.8. The first kappa shape index (κ1) is 24.5. The Hall–Kier alpha value is -2.85. The van der Waals surface area contributed by atoms with Crippen LogP contribution in [-0.4, -0.2) is 60.9 Å². The summed E-state index contributed by atoms with van der Waals surface area (Å²) in [6.07, 6.45) is 8.34. The number of nitrogens with one attached hydrogen (secondary N) is 1. The van der Waals surface area contributed by atoms with E-state index >= 15 is 4.39 Å². The topological polar surface area (TPSA) is 87.1 Å². The highest BCUT2D eigenvalue weighted by Crippen LogP contribution is 2.47. The molecule has 0 spiro atoms. The minimum Gasteiger partial charge on any atom is -0.507 e. The zero-order valence-electron chi connectivity index (χ0n) is 21.1. The Morgan fingerprint density at radius 2 is 1.89 bits per heavy atom. The summed E-state index contributed by atoms with van der Waals surface area (Å²) in [6.45, 7) is 4.16. The van der Waals surface area contributed by atoms with E-state index in [1.165, 1.54) is 17.8 Å². The number of piperidine rings is 1. The Morgan fingerprint density at radius 1 is 1.08 bits per heavy atom. The molecule has 3 aromatic rings. The van der Waals surface area contributed by atoms with Crippen LogP contribution >= 0.6 is 11.8 Å². The van der Waals surface area contributed by atoms with E-state index in [4.69, 9.17) is 0 Å². The van der Waals surface area contributed by atoms with Crippen LogP contribution in [0.15, 0.2) is 41.7 Å². The third-order valence-corrected chi connectivity index (χ3v) is 8.76. The molecule has 0 unspecified atom stereocenters. The van der Waals surface area contributed by atoms with Gasteiger partial charge in [-0.05, 0) is 76.0 Å². The smallest absolute Gasteiger partial charge is 0.245 e. The Bertz CT molecular complexity index is 1340. The van der Waals surface area contributed by atoms with E-state index in [1.54, 1.807) is 36.8 Å². The van der Waals surface area contributed by atoms with E-state index < -0.39 is 17.5 Å². The maximum Gasteiger partial charge on any atom is 0.245 e. The van der Waals surface area contributed by atoms with Crippen LogP contribution in [0.3, 0.4) is 0 Å². The van der Waals surface area contributed by atoms with Crippen molar-refractivity contribution in [2.75, 3.05) is 11.2 Å². The molecule has 4 atom stereocenters. The minimum atomic E-state index is -1.03. The van der Waals surface area contributed by atoms with E-state index in [0.717, 1.165) is 25.7 Å². The Balaban J connectivity index is 1.27. The van der Waals surface area contributed by atoms with Crippen molar-refractivity contribution in [3.8, 4) is 28.1 Å². The molecule has 2 saturated heterocycles. The van der Waals surface area contributed by atoms with Gasteiger partial charge in [-0.25, -0.2) is 18.7 Å². The number of rotatable bonds is 6. The molecule has 1 aromatic carbocycles. The minimum absolute atomic E-state index is 0.0191. The van der Waals surface area contributed by atoms with Crippen molar-refractivity contribution < 1.29 is 13.9 Å². The molecule has 194 valence electrons. The van der Waals surface area contributed by atoms with Crippen molar-refractivity contribution in [2.45, 2.75) is 80.3 Å². The van der Waals surface area contributed by atoms with Crippen molar-refractivity contribution >= 4 is 17.7 Å². The average Bonchev–Trinajstić information content (AvgIpc) is 3.67. The highest BCUT2D eigenvalue weighted by atomic mass is 32.2. The van der Waals surface area contributed by atoms with E-state index in [9.17, 15) is 9.50 Å². The summed E-state index contributed by atoms with van der Waals surface area (Å²) in [5, 5.41) is 23.4. The number of hydrogen-bond donors (Lipinski definition) is 2. The molecule has 4 heterocycles. The molecule has 2 aromatic heterocycles. The Morgan fingerprint density at radius 3 is 2.54 bits per heavy atom. The van der Waals surface area contributed by atoms with Crippen molar-refractivity contribution in [2.24, 2.45) is 0 Å². The summed E-state index contributed by atoms with van der Waals surface area (Å²) < 4.78 is 30.0. The maximum atomic E-state index is 15.8. The molecule has 1 aliphatic carbocycles. The number of aromatic nitrogens is 4. The van der Waals surface area contributed by atoms with Gasteiger partial charge in [0.1, 0.15) is 22.6 Å². The lowest BCUT2D eigenvalue weighted by Crippen LogP contribution is -2.66. The van der Waals surface area contributed by atoms with Crippen molar-refractivity contribution in [1.29, 1.82) is 0 Å². The van der Waals surface area contributed by atoms with Gasteiger partial charge in [0.2, 0.25) is 5.95 Å².